The topological polar surface area (TPSA) is 42.7 Å². The Morgan fingerprint density at radius 3 is 3.21 bits per heavy atom. The van der Waals surface area contributed by atoms with Crippen LogP contribution in [0.5, 0.6) is 0 Å². The zero-order valence-electron chi connectivity index (χ0n) is 8.74. The number of aromatic nitrogens is 3. The molecule has 4 heteroatoms. The van der Waals surface area contributed by atoms with Gasteiger partial charge >= 0.3 is 0 Å². The highest BCUT2D eigenvalue weighted by atomic mass is 15.3. The lowest BCUT2D eigenvalue weighted by Gasteiger charge is -2.21. The molecule has 1 N–H and O–H groups in total. The fourth-order valence-corrected chi connectivity index (χ4v) is 2.00. The molecule has 0 aromatic carbocycles. The molecule has 0 spiro atoms. The molecule has 1 fully saturated rings. The zero-order chi connectivity index (χ0) is 9.80. The number of nitrogens with zero attached hydrogens (tertiary/aromatic N) is 3. The van der Waals surface area contributed by atoms with Crippen molar-refractivity contribution in [3.63, 3.8) is 0 Å². The van der Waals surface area contributed by atoms with Crippen LogP contribution in [0.2, 0.25) is 0 Å². The first-order valence-electron chi connectivity index (χ1n) is 5.40. The molecule has 14 heavy (non-hydrogen) atoms. The Kier molecular flexibility index (Phi) is 3.14. The Morgan fingerprint density at radius 1 is 1.64 bits per heavy atom. The maximum absolute atomic E-state index is 4.28. The molecule has 1 saturated heterocycles. The third-order valence-corrected chi connectivity index (χ3v) is 2.82. The molecule has 0 bridgehead atoms. The smallest absolute Gasteiger partial charge is 0.150 e. The van der Waals surface area contributed by atoms with Crippen molar-refractivity contribution in [1.82, 2.24) is 20.1 Å². The molecule has 4 nitrogen and oxygen atoms in total. The molecule has 0 radical (unpaired) electrons. The van der Waals surface area contributed by atoms with Crippen LogP contribution in [-0.4, -0.2) is 27.9 Å². The summed E-state index contributed by atoms with van der Waals surface area (Å²) >= 11 is 0. The summed E-state index contributed by atoms with van der Waals surface area (Å²) in [5, 5.41) is 7.71. The van der Waals surface area contributed by atoms with Crippen LogP contribution in [-0.2, 0) is 13.5 Å². The molecule has 2 heterocycles. The van der Waals surface area contributed by atoms with Crippen LogP contribution in [0.25, 0.3) is 0 Å². The Balaban J connectivity index is 1.76. The van der Waals surface area contributed by atoms with Gasteiger partial charge in [0.2, 0.25) is 0 Å². The van der Waals surface area contributed by atoms with Crippen molar-refractivity contribution < 1.29 is 0 Å². The molecule has 1 aromatic rings. The number of aryl methyl sites for hydroxylation is 2. The zero-order valence-corrected chi connectivity index (χ0v) is 8.74. The van der Waals surface area contributed by atoms with Crippen LogP contribution in [0.15, 0.2) is 6.33 Å². The van der Waals surface area contributed by atoms with Gasteiger partial charge in [0.25, 0.3) is 0 Å². The van der Waals surface area contributed by atoms with E-state index in [1.54, 1.807) is 11.0 Å². The van der Waals surface area contributed by atoms with E-state index in [-0.39, 0.29) is 0 Å². The highest BCUT2D eigenvalue weighted by Crippen LogP contribution is 2.15. The quantitative estimate of drug-likeness (QED) is 0.772. The predicted octanol–water partition coefficient (Wildman–Crippen LogP) is 0.747. The molecule has 1 aliphatic rings. The van der Waals surface area contributed by atoms with Gasteiger partial charge in [-0.15, -0.1) is 0 Å². The Bertz CT molecular complexity index is 275. The monoisotopic (exact) mass is 194 g/mol. The van der Waals surface area contributed by atoms with Crippen LogP contribution in [0.4, 0.5) is 0 Å². The molecule has 2 rings (SSSR count). The fourth-order valence-electron chi connectivity index (χ4n) is 2.00. The second kappa shape index (κ2) is 4.55. The minimum absolute atomic E-state index is 0.826. The van der Waals surface area contributed by atoms with E-state index in [0.717, 1.165) is 18.2 Å². The van der Waals surface area contributed by atoms with E-state index in [1.807, 2.05) is 7.05 Å². The van der Waals surface area contributed by atoms with E-state index in [9.17, 15) is 0 Å². The first-order chi connectivity index (χ1) is 6.84. The molecule has 1 atom stereocenters. The van der Waals surface area contributed by atoms with Crippen molar-refractivity contribution in [1.29, 1.82) is 0 Å². The van der Waals surface area contributed by atoms with Crippen molar-refractivity contribution in [2.24, 2.45) is 13.0 Å². The van der Waals surface area contributed by atoms with Crippen LogP contribution < -0.4 is 5.32 Å². The standard InChI is InChI=1S/C10H18N4/c1-14-8-12-10(13-14)5-4-9-3-2-6-11-7-9/h8-9,11H,2-7H2,1H3. The molecule has 0 amide bonds. The van der Waals surface area contributed by atoms with Crippen molar-refractivity contribution in [3.8, 4) is 0 Å². The van der Waals surface area contributed by atoms with E-state index in [0.29, 0.717) is 0 Å². The van der Waals surface area contributed by atoms with Crippen LogP contribution in [0, 0.1) is 5.92 Å². The highest BCUT2D eigenvalue weighted by Gasteiger charge is 2.13. The fraction of sp³-hybridized carbons (Fsp3) is 0.800. The van der Waals surface area contributed by atoms with Crippen LogP contribution >= 0.6 is 0 Å². The average Bonchev–Trinajstić information content (AvgIpc) is 2.63. The highest BCUT2D eigenvalue weighted by molar-refractivity contribution is 4.83. The van der Waals surface area contributed by atoms with Crippen LogP contribution in [0.1, 0.15) is 25.1 Å². The molecule has 78 valence electrons. The molecule has 0 saturated carbocycles. The molecule has 0 aliphatic carbocycles. The summed E-state index contributed by atoms with van der Waals surface area (Å²) in [5.41, 5.74) is 0. The lowest BCUT2D eigenvalue weighted by Crippen LogP contribution is -2.30. The largest absolute Gasteiger partial charge is 0.316 e. The van der Waals surface area contributed by atoms with Gasteiger partial charge in [0.15, 0.2) is 5.82 Å². The lowest BCUT2D eigenvalue weighted by atomic mass is 9.95. The van der Waals surface area contributed by atoms with E-state index in [1.165, 1.54) is 32.4 Å². The summed E-state index contributed by atoms with van der Waals surface area (Å²) < 4.78 is 1.77. The molecular formula is C10H18N4. The predicted molar refractivity (Wildman–Crippen MR) is 54.9 cm³/mol. The summed E-state index contributed by atoms with van der Waals surface area (Å²) in [4.78, 5) is 4.23. The number of hydrogen-bond acceptors (Lipinski definition) is 3. The summed E-state index contributed by atoms with van der Waals surface area (Å²) in [5.74, 6) is 1.81. The minimum atomic E-state index is 0.826. The van der Waals surface area contributed by atoms with E-state index in [4.69, 9.17) is 0 Å². The summed E-state index contributed by atoms with van der Waals surface area (Å²) in [7, 11) is 1.92. The first-order valence-corrected chi connectivity index (χ1v) is 5.40. The van der Waals surface area contributed by atoms with Gasteiger partial charge in [-0.05, 0) is 38.3 Å². The van der Waals surface area contributed by atoms with Gasteiger partial charge in [-0.3, -0.25) is 4.68 Å². The Labute approximate surface area is 84.7 Å². The van der Waals surface area contributed by atoms with Gasteiger partial charge in [0.1, 0.15) is 6.33 Å². The van der Waals surface area contributed by atoms with E-state index < -0.39 is 0 Å². The maximum atomic E-state index is 4.28. The van der Waals surface area contributed by atoms with Gasteiger partial charge in [-0.2, -0.15) is 5.10 Å². The second-order valence-corrected chi connectivity index (χ2v) is 4.09. The summed E-state index contributed by atoms with van der Waals surface area (Å²) in [6, 6.07) is 0. The van der Waals surface area contributed by atoms with Crippen molar-refractivity contribution >= 4 is 0 Å². The molecule has 1 aliphatic heterocycles. The first kappa shape index (κ1) is 9.65. The maximum Gasteiger partial charge on any atom is 0.150 e. The SMILES string of the molecule is Cn1cnc(CCC2CCCNC2)n1. The van der Waals surface area contributed by atoms with Crippen molar-refractivity contribution in [2.45, 2.75) is 25.7 Å². The minimum Gasteiger partial charge on any atom is -0.316 e. The third-order valence-electron chi connectivity index (χ3n) is 2.82. The normalized spacial score (nSPS) is 22.5. The molecule has 1 unspecified atom stereocenters. The second-order valence-electron chi connectivity index (χ2n) is 4.09. The summed E-state index contributed by atoms with van der Waals surface area (Å²) in [6.45, 7) is 2.37. The van der Waals surface area contributed by atoms with Gasteiger partial charge in [-0.1, -0.05) is 0 Å². The Hall–Kier alpha value is -0.900. The van der Waals surface area contributed by atoms with Gasteiger partial charge in [-0.25, -0.2) is 4.98 Å². The third kappa shape index (κ3) is 2.54. The van der Waals surface area contributed by atoms with Gasteiger partial charge in [0, 0.05) is 13.5 Å². The van der Waals surface area contributed by atoms with Crippen molar-refractivity contribution in [2.75, 3.05) is 13.1 Å². The van der Waals surface area contributed by atoms with Crippen molar-refractivity contribution in [3.05, 3.63) is 12.2 Å². The summed E-state index contributed by atoms with van der Waals surface area (Å²) in [6.07, 6.45) is 6.69. The lowest BCUT2D eigenvalue weighted by molar-refractivity contribution is 0.356. The number of hydrogen-bond donors (Lipinski definition) is 1. The molecule has 1 aromatic heterocycles. The van der Waals surface area contributed by atoms with E-state index >= 15 is 0 Å². The molecular weight excluding hydrogens is 176 g/mol. The van der Waals surface area contributed by atoms with E-state index in [2.05, 4.69) is 15.4 Å². The van der Waals surface area contributed by atoms with Gasteiger partial charge < -0.3 is 5.32 Å². The number of rotatable bonds is 3. The number of nitrogens with one attached hydrogen (secondary N) is 1. The number of piperidine rings is 1. The van der Waals surface area contributed by atoms with Crippen LogP contribution in [0.3, 0.4) is 0 Å². The van der Waals surface area contributed by atoms with Gasteiger partial charge in [0.05, 0.1) is 0 Å². The average molecular weight is 194 g/mol. The Morgan fingerprint density at radius 2 is 2.57 bits per heavy atom.